The molecule has 29 heavy (non-hydrogen) atoms. The van der Waals surface area contributed by atoms with E-state index in [4.69, 9.17) is 0 Å². The van der Waals surface area contributed by atoms with Gasteiger partial charge in [0, 0.05) is 49.5 Å². The molecule has 3 aromatic heterocycles. The molecule has 4 heterocycles. The Balaban J connectivity index is 1.27. The zero-order chi connectivity index (χ0) is 19.8. The van der Waals surface area contributed by atoms with E-state index in [0.717, 1.165) is 24.6 Å². The number of fused-ring (bicyclic) bond motifs is 1. The Morgan fingerprint density at radius 2 is 1.93 bits per heavy atom. The molecular formula is C21H24N6O2. The molecule has 1 saturated heterocycles. The van der Waals surface area contributed by atoms with E-state index in [1.165, 1.54) is 42.9 Å². The van der Waals surface area contributed by atoms with Crippen molar-refractivity contribution in [3.05, 3.63) is 53.2 Å². The van der Waals surface area contributed by atoms with Crippen molar-refractivity contribution in [3.63, 3.8) is 0 Å². The summed E-state index contributed by atoms with van der Waals surface area (Å²) in [5.41, 5.74) is 1.66. The Labute approximate surface area is 168 Å². The third kappa shape index (κ3) is 3.50. The van der Waals surface area contributed by atoms with Crippen molar-refractivity contribution < 1.29 is 4.79 Å². The minimum atomic E-state index is -0.292. The number of rotatable bonds is 4. The number of amides is 1. The Morgan fingerprint density at radius 1 is 1.10 bits per heavy atom. The summed E-state index contributed by atoms with van der Waals surface area (Å²) in [6.07, 6.45) is 11.8. The lowest BCUT2D eigenvalue weighted by molar-refractivity contribution is -0.117. The lowest BCUT2D eigenvalue weighted by Gasteiger charge is -2.48. The van der Waals surface area contributed by atoms with Gasteiger partial charge in [0.1, 0.15) is 18.0 Å². The van der Waals surface area contributed by atoms with E-state index in [2.05, 4.69) is 20.3 Å². The first-order valence-corrected chi connectivity index (χ1v) is 10.2. The number of aromatic nitrogens is 4. The number of nitrogens with one attached hydrogen (secondary N) is 1. The molecular weight excluding hydrogens is 368 g/mol. The van der Waals surface area contributed by atoms with Crippen LogP contribution in [-0.4, -0.2) is 38.2 Å². The molecule has 8 nitrogen and oxygen atoms in total. The Bertz CT molecular complexity index is 1100. The Kier molecular flexibility index (Phi) is 4.34. The number of nitrogens with zero attached hydrogens (tertiary/aromatic N) is 5. The minimum absolute atomic E-state index is 0.121. The fourth-order valence-corrected chi connectivity index (χ4v) is 4.43. The second kappa shape index (κ2) is 7.02. The maximum absolute atomic E-state index is 12.5. The summed E-state index contributed by atoms with van der Waals surface area (Å²) in [6.45, 7) is 1.80. The van der Waals surface area contributed by atoms with Crippen LogP contribution < -0.4 is 15.8 Å². The number of anilines is 2. The smallest absolute Gasteiger partial charge is 0.267 e. The second-order valence-corrected chi connectivity index (χ2v) is 8.18. The van der Waals surface area contributed by atoms with E-state index in [0.29, 0.717) is 11.1 Å². The molecule has 1 saturated carbocycles. The zero-order valence-corrected chi connectivity index (χ0v) is 16.3. The van der Waals surface area contributed by atoms with Gasteiger partial charge in [-0.3, -0.25) is 9.59 Å². The third-order valence-corrected chi connectivity index (χ3v) is 6.39. The molecule has 1 aliphatic heterocycles. The van der Waals surface area contributed by atoms with Gasteiger partial charge in [-0.1, -0.05) is 6.42 Å². The molecule has 0 aromatic carbocycles. The van der Waals surface area contributed by atoms with Crippen LogP contribution in [0.1, 0.15) is 32.1 Å². The van der Waals surface area contributed by atoms with Crippen LogP contribution in [0.3, 0.4) is 0 Å². The maximum Gasteiger partial charge on any atom is 0.267 e. The summed E-state index contributed by atoms with van der Waals surface area (Å²) in [7, 11) is 0. The van der Waals surface area contributed by atoms with Gasteiger partial charge in [0.25, 0.3) is 5.56 Å². The highest BCUT2D eigenvalue weighted by molar-refractivity contribution is 5.90. The summed E-state index contributed by atoms with van der Waals surface area (Å²) in [5, 5.41) is 7.28. The van der Waals surface area contributed by atoms with Crippen LogP contribution in [0.4, 0.5) is 11.5 Å². The largest absolute Gasteiger partial charge is 0.355 e. The number of hydrogen-bond donors (Lipinski definition) is 1. The Hall–Kier alpha value is -3.16. The van der Waals surface area contributed by atoms with Crippen molar-refractivity contribution >= 4 is 23.1 Å². The summed E-state index contributed by atoms with van der Waals surface area (Å²) >= 11 is 0. The molecule has 2 fully saturated rings. The number of carbonyl (C=O) groups excluding carboxylic acids is 1. The number of hydrogen-bond acceptors (Lipinski definition) is 5. The highest BCUT2D eigenvalue weighted by Crippen LogP contribution is 2.49. The molecule has 1 N–H and O–H groups in total. The van der Waals surface area contributed by atoms with E-state index in [1.54, 1.807) is 24.4 Å². The van der Waals surface area contributed by atoms with Gasteiger partial charge in [-0.15, -0.1) is 0 Å². The van der Waals surface area contributed by atoms with Gasteiger partial charge >= 0.3 is 0 Å². The van der Waals surface area contributed by atoms with Crippen LogP contribution >= 0.6 is 0 Å². The van der Waals surface area contributed by atoms with Gasteiger partial charge in [0.2, 0.25) is 5.91 Å². The maximum atomic E-state index is 12.5. The van der Waals surface area contributed by atoms with Crippen LogP contribution in [0.25, 0.3) is 5.65 Å². The molecule has 5 rings (SSSR count). The van der Waals surface area contributed by atoms with E-state index in [9.17, 15) is 9.59 Å². The average molecular weight is 392 g/mol. The SMILES string of the molecule is O=C(Cn1nc(N2CCC3(CCC3)CC2)ccc1=O)Nc1ccn2ccnc2c1. The molecule has 3 aromatic rings. The highest BCUT2D eigenvalue weighted by Gasteiger charge is 2.39. The fourth-order valence-electron chi connectivity index (χ4n) is 4.43. The highest BCUT2D eigenvalue weighted by atomic mass is 16.2. The monoisotopic (exact) mass is 392 g/mol. The number of piperidine rings is 1. The molecule has 0 bridgehead atoms. The van der Waals surface area contributed by atoms with E-state index in [-0.39, 0.29) is 18.0 Å². The topological polar surface area (TPSA) is 84.5 Å². The van der Waals surface area contributed by atoms with Gasteiger partial charge < -0.3 is 14.6 Å². The number of carbonyl (C=O) groups is 1. The molecule has 150 valence electrons. The normalized spacial score (nSPS) is 18.0. The van der Waals surface area contributed by atoms with Crippen LogP contribution in [0.5, 0.6) is 0 Å². The summed E-state index contributed by atoms with van der Waals surface area (Å²) in [5.74, 6) is 0.477. The minimum Gasteiger partial charge on any atom is -0.355 e. The lowest BCUT2D eigenvalue weighted by Crippen LogP contribution is -2.44. The molecule has 1 spiro atoms. The number of pyridine rings is 1. The first-order chi connectivity index (χ1) is 14.1. The van der Waals surface area contributed by atoms with Gasteiger partial charge in [0.05, 0.1) is 0 Å². The molecule has 0 unspecified atom stereocenters. The lowest BCUT2D eigenvalue weighted by atomic mass is 9.63. The van der Waals surface area contributed by atoms with E-state index in [1.807, 2.05) is 16.8 Å². The third-order valence-electron chi connectivity index (χ3n) is 6.39. The van der Waals surface area contributed by atoms with Gasteiger partial charge in [0.15, 0.2) is 0 Å². The fraction of sp³-hybridized carbons (Fsp3) is 0.429. The predicted molar refractivity (Wildman–Crippen MR) is 110 cm³/mol. The quantitative estimate of drug-likeness (QED) is 0.737. The molecule has 0 atom stereocenters. The van der Waals surface area contributed by atoms with E-state index < -0.39 is 0 Å². The van der Waals surface area contributed by atoms with Crippen molar-refractivity contribution in [1.29, 1.82) is 0 Å². The van der Waals surface area contributed by atoms with Gasteiger partial charge in [-0.05, 0) is 43.2 Å². The summed E-state index contributed by atoms with van der Waals surface area (Å²) in [4.78, 5) is 31.1. The molecule has 2 aliphatic rings. The summed E-state index contributed by atoms with van der Waals surface area (Å²) < 4.78 is 3.10. The average Bonchev–Trinajstić information content (AvgIpc) is 3.16. The van der Waals surface area contributed by atoms with Crippen molar-refractivity contribution in [2.45, 2.75) is 38.6 Å². The van der Waals surface area contributed by atoms with Crippen molar-refractivity contribution in [1.82, 2.24) is 19.2 Å². The zero-order valence-electron chi connectivity index (χ0n) is 16.3. The van der Waals surface area contributed by atoms with Crippen LogP contribution in [0, 0.1) is 5.41 Å². The van der Waals surface area contributed by atoms with Crippen molar-refractivity contribution in [2.24, 2.45) is 5.41 Å². The predicted octanol–water partition coefficient (Wildman–Crippen LogP) is 2.30. The molecule has 1 aliphatic carbocycles. The first-order valence-electron chi connectivity index (χ1n) is 10.2. The molecule has 8 heteroatoms. The van der Waals surface area contributed by atoms with Gasteiger partial charge in [-0.2, -0.15) is 5.10 Å². The second-order valence-electron chi connectivity index (χ2n) is 8.18. The molecule has 0 radical (unpaired) electrons. The van der Waals surface area contributed by atoms with Crippen LogP contribution in [0.15, 0.2) is 47.7 Å². The first kappa shape index (κ1) is 17.9. The number of imidazole rings is 1. The molecule has 1 amide bonds. The summed E-state index contributed by atoms with van der Waals surface area (Å²) in [6, 6.07) is 6.85. The standard InChI is InChI=1S/C21H24N6O2/c28-19(23-16-4-10-25-13-9-22-18(25)14-16)15-27-20(29)3-2-17(24-27)26-11-7-21(8-12-26)5-1-6-21/h2-4,9-10,13-14H,1,5-8,11-12,15H2,(H,23,28). The van der Waals surface area contributed by atoms with Crippen molar-refractivity contribution in [2.75, 3.05) is 23.3 Å². The van der Waals surface area contributed by atoms with Crippen molar-refractivity contribution in [3.8, 4) is 0 Å². The van der Waals surface area contributed by atoms with E-state index >= 15 is 0 Å². The van der Waals surface area contributed by atoms with Gasteiger partial charge in [-0.25, -0.2) is 9.67 Å². The Morgan fingerprint density at radius 3 is 2.69 bits per heavy atom. The van der Waals surface area contributed by atoms with Crippen LogP contribution in [0.2, 0.25) is 0 Å². The van der Waals surface area contributed by atoms with Crippen LogP contribution in [-0.2, 0) is 11.3 Å².